The number of methoxy groups -OCH3 is 1. The van der Waals surface area contributed by atoms with Crippen LogP contribution in [-0.2, 0) is 18.2 Å². The van der Waals surface area contributed by atoms with Crippen LogP contribution < -0.4 is 20.9 Å². The molecule has 0 aliphatic rings. The fourth-order valence-electron chi connectivity index (χ4n) is 3.03. The third kappa shape index (κ3) is 7.57. The van der Waals surface area contributed by atoms with Gasteiger partial charge in [0.25, 0.3) is 0 Å². The molecule has 0 saturated heterocycles. The van der Waals surface area contributed by atoms with Gasteiger partial charge in [-0.3, -0.25) is 9.68 Å². The molecule has 0 aliphatic carbocycles. The lowest BCUT2D eigenvalue weighted by atomic mass is 10.1. The summed E-state index contributed by atoms with van der Waals surface area (Å²) in [5.74, 6) is 1.63. The predicted octanol–water partition coefficient (Wildman–Crippen LogP) is 3.43. The van der Waals surface area contributed by atoms with Crippen molar-refractivity contribution in [3.05, 3.63) is 59.7 Å². The third-order valence-corrected chi connectivity index (χ3v) is 9.57. The molecule has 0 spiro atoms. The number of rotatable bonds is 13. The first-order valence-electron chi connectivity index (χ1n) is 10.7. The van der Waals surface area contributed by atoms with Crippen LogP contribution in [0.2, 0.25) is 0 Å². The number of ether oxygens (including phenoxy) is 2. The van der Waals surface area contributed by atoms with Gasteiger partial charge in [0, 0.05) is 26.9 Å². The van der Waals surface area contributed by atoms with E-state index in [9.17, 15) is 0 Å². The summed E-state index contributed by atoms with van der Waals surface area (Å²) in [6.07, 6.45) is 3.49. The van der Waals surface area contributed by atoms with Crippen molar-refractivity contribution in [2.24, 2.45) is 16.6 Å². The second-order valence-electron chi connectivity index (χ2n) is 7.69. The molecule has 2 rings (SSSR count). The molecule has 0 amide bonds. The van der Waals surface area contributed by atoms with Crippen molar-refractivity contribution in [3.63, 3.8) is 0 Å². The summed E-state index contributed by atoms with van der Waals surface area (Å²) in [6, 6.07) is 15.9. The first kappa shape index (κ1) is 26.3. The summed E-state index contributed by atoms with van der Waals surface area (Å²) < 4.78 is 13.5. The second-order valence-corrected chi connectivity index (χ2v) is 11.2. The Balaban J connectivity index is 2.01. The average Bonchev–Trinajstić information content (AvgIpc) is 2.83. The van der Waals surface area contributed by atoms with Gasteiger partial charge in [-0.15, -0.1) is 0 Å². The van der Waals surface area contributed by atoms with Gasteiger partial charge in [-0.1, -0.05) is 30.9 Å². The molecule has 32 heavy (non-hydrogen) atoms. The smallest absolute Gasteiger partial charge is 0.149 e. The molecule has 1 unspecified atom stereocenters. The van der Waals surface area contributed by atoms with E-state index in [0.717, 1.165) is 36.4 Å². The Bertz CT molecular complexity index is 875. The van der Waals surface area contributed by atoms with Gasteiger partial charge < -0.3 is 20.9 Å². The zero-order chi connectivity index (χ0) is 23.6. The summed E-state index contributed by atoms with van der Waals surface area (Å²) in [4.78, 5) is 1.99. The first-order chi connectivity index (χ1) is 15.3. The van der Waals surface area contributed by atoms with Gasteiger partial charge in [0.1, 0.15) is 16.8 Å². The van der Waals surface area contributed by atoms with E-state index in [2.05, 4.69) is 31.1 Å². The molecule has 0 aliphatic heterocycles. The molecule has 0 radical (unpaired) electrons. The largest absolute Gasteiger partial charge is 0.497 e. The van der Waals surface area contributed by atoms with Crippen LogP contribution in [0, 0.1) is 0 Å². The molecule has 2 aromatic carbocycles. The number of hydrogen-bond acceptors (Lipinski definition) is 7. The van der Waals surface area contributed by atoms with Gasteiger partial charge in [0.2, 0.25) is 0 Å². The molecule has 0 bridgehead atoms. The highest BCUT2D eigenvalue weighted by Crippen LogP contribution is 2.45. The van der Waals surface area contributed by atoms with Crippen molar-refractivity contribution in [1.29, 1.82) is 0 Å². The zero-order valence-corrected chi connectivity index (χ0v) is 21.3. The van der Waals surface area contributed by atoms with E-state index in [1.165, 1.54) is 5.56 Å². The Morgan fingerprint density at radius 2 is 1.66 bits per heavy atom. The molecule has 0 fully saturated rings. The average molecular weight is 478 g/mol. The van der Waals surface area contributed by atoms with Crippen LogP contribution in [0.1, 0.15) is 31.4 Å². The Hall–Kier alpha value is -1.96. The van der Waals surface area contributed by atoms with Crippen molar-refractivity contribution in [2.75, 3.05) is 34.0 Å². The molecule has 2 aromatic rings. The van der Waals surface area contributed by atoms with Gasteiger partial charge in [-0.05, 0) is 67.3 Å². The summed E-state index contributed by atoms with van der Waals surface area (Å²) in [6.45, 7) is 4.39. The second kappa shape index (κ2) is 12.9. The molecule has 0 heterocycles. The van der Waals surface area contributed by atoms with E-state index in [4.69, 9.17) is 32.7 Å². The van der Waals surface area contributed by atoms with Gasteiger partial charge in [0.15, 0.2) is 0 Å². The van der Waals surface area contributed by atoms with E-state index in [0.29, 0.717) is 13.3 Å². The normalized spacial score (nSPS) is 14.3. The number of nitrogens with two attached hydrogens (primary N) is 2. The highest BCUT2D eigenvalue weighted by Gasteiger charge is 2.31. The maximum absolute atomic E-state index is 6.40. The maximum atomic E-state index is 6.40. The van der Waals surface area contributed by atoms with E-state index in [-0.39, 0.29) is 0 Å². The molecule has 176 valence electrons. The quantitative estimate of drug-likeness (QED) is 0.198. The number of nitrogens with zero attached hydrogens (tertiary/aromatic N) is 3. The molecular formula is C23H36N5O2PS. The van der Waals surface area contributed by atoms with E-state index in [1.54, 1.807) is 7.11 Å². The monoisotopic (exact) mass is 477 g/mol. The van der Waals surface area contributed by atoms with Crippen LogP contribution in [0.15, 0.2) is 53.6 Å². The van der Waals surface area contributed by atoms with E-state index in [1.807, 2.05) is 59.3 Å². The minimum absolute atomic E-state index is 0.463. The van der Waals surface area contributed by atoms with Crippen LogP contribution >= 0.6 is 6.85 Å². The Morgan fingerprint density at radius 3 is 2.19 bits per heavy atom. The lowest BCUT2D eigenvalue weighted by molar-refractivity contribution is 0.171. The molecule has 0 aromatic heterocycles. The first-order valence-corrected chi connectivity index (χ1v) is 13.3. The third-order valence-electron chi connectivity index (χ3n) is 5.42. The summed E-state index contributed by atoms with van der Waals surface area (Å²) >= 11 is 5.91. The fourth-order valence-corrected chi connectivity index (χ4v) is 5.09. The van der Waals surface area contributed by atoms with Crippen molar-refractivity contribution in [1.82, 2.24) is 9.68 Å². The van der Waals surface area contributed by atoms with Crippen molar-refractivity contribution in [2.45, 2.75) is 32.0 Å². The SMILES string of the molecule is CC[C@@](C)(Oc1ccc(CCN(CN)CN)cc1)[PH](=S)N(C)/N=C/c1ccc(OC)cc1. The minimum atomic E-state index is -1.54. The van der Waals surface area contributed by atoms with Crippen LogP contribution in [-0.4, -0.2) is 55.3 Å². The summed E-state index contributed by atoms with van der Waals surface area (Å²) in [5.41, 5.74) is 13.6. The lowest BCUT2D eigenvalue weighted by Gasteiger charge is -2.34. The molecule has 2 atom stereocenters. The van der Waals surface area contributed by atoms with Crippen LogP contribution in [0.25, 0.3) is 0 Å². The van der Waals surface area contributed by atoms with E-state index < -0.39 is 12.2 Å². The molecule has 9 heteroatoms. The van der Waals surface area contributed by atoms with Crippen LogP contribution in [0.5, 0.6) is 11.5 Å². The van der Waals surface area contributed by atoms with Gasteiger partial charge in [-0.25, -0.2) is 0 Å². The van der Waals surface area contributed by atoms with Crippen molar-refractivity contribution >= 4 is 24.9 Å². The summed E-state index contributed by atoms with van der Waals surface area (Å²) in [7, 11) is 3.57. The van der Waals surface area contributed by atoms with Crippen molar-refractivity contribution in [3.8, 4) is 11.5 Å². The molecule has 0 saturated carbocycles. The fraction of sp³-hybridized carbons (Fsp3) is 0.435. The van der Waals surface area contributed by atoms with Crippen LogP contribution in [0.3, 0.4) is 0 Å². The zero-order valence-electron chi connectivity index (χ0n) is 19.5. The van der Waals surface area contributed by atoms with Gasteiger partial charge in [-0.2, -0.15) is 5.10 Å². The predicted molar refractivity (Wildman–Crippen MR) is 138 cm³/mol. The minimum Gasteiger partial charge on any atom is -0.497 e. The number of hydrazone groups is 1. The molecular weight excluding hydrogens is 441 g/mol. The Kier molecular flexibility index (Phi) is 10.6. The highest BCUT2D eigenvalue weighted by molar-refractivity contribution is 8.04. The van der Waals surface area contributed by atoms with Gasteiger partial charge in [0.05, 0.1) is 20.2 Å². The van der Waals surface area contributed by atoms with E-state index >= 15 is 0 Å². The van der Waals surface area contributed by atoms with Crippen LogP contribution in [0.4, 0.5) is 0 Å². The Morgan fingerprint density at radius 1 is 1.06 bits per heavy atom. The lowest BCUT2D eigenvalue weighted by Crippen LogP contribution is -2.36. The van der Waals surface area contributed by atoms with Crippen molar-refractivity contribution < 1.29 is 9.47 Å². The highest BCUT2D eigenvalue weighted by atomic mass is 32.4. The maximum Gasteiger partial charge on any atom is 0.149 e. The molecule has 4 N–H and O–H groups in total. The molecule has 7 nitrogen and oxygen atoms in total. The number of benzene rings is 2. The number of hydrogen-bond donors (Lipinski definition) is 2. The standard InChI is InChI=1S/C23H36N5O2PS/c1-5-23(2,30-22-12-6-19(7-13-22)14-15-28(17-24)18-25)31(32)27(3)26-16-20-8-10-21(29-4)11-9-20/h6-13,16,31H,5,14-15,17-18,24-25H2,1-4H3/b26-16+/t23-/m0/s1. The Labute approximate surface area is 197 Å². The summed E-state index contributed by atoms with van der Waals surface area (Å²) in [5, 5.41) is 4.10. The van der Waals surface area contributed by atoms with Gasteiger partial charge >= 0.3 is 0 Å². The topological polar surface area (TPSA) is 89.3 Å².